The number of hydrogen-bond acceptors (Lipinski definition) is 2. The second-order valence-corrected chi connectivity index (χ2v) is 5.11. The molecule has 0 aliphatic heterocycles. The lowest BCUT2D eigenvalue weighted by Gasteiger charge is -2.19. The summed E-state index contributed by atoms with van der Waals surface area (Å²) in [6.45, 7) is 3.81. The summed E-state index contributed by atoms with van der Waals surface area (Å²) in [6, 6.07) is 5.45. The maximum Gasteiger partial charge on any atom is 0.145 e. The molecule has 0 spiro atoms. The van der Waals surface area contributed by atoms with Crippen molar-refractivity contribution in [1.82, 2.24) is 5.32 Å². The summed E-state index contributed by atoms with van der Waals surface area (Å²) >= 11 is 5.81. The quantitative estimate of drug-likeness (QED) is 0.697. The molecule has 1 N–H and O–H groups in total. The Balaban J connectivity index is 2.61. The fraction of sp³-hybridized carbons (Fsp3) is 0.600. The van der Waals surface area contributed by atoms with Crippen LogP contribution in [0.1, 0.15) is 31.7 Å². The molecule has 0 aromatic heterocycles. The first kappa shape index (κ1) is 16.4. The van der Waals surface area contributed by atoms with Crippen LogP contribution >= 0.6 is 11.6 Å². The highest BCUT2D eigenvalue weighted by molar-refractivity contribution is 6.30. The van der Waals surface area contributed by atoms with Gasteiger partial charge in [-0.25, -0.2) is 4.39 Å². The summed E-state index contributed by atoms with van der Waals surface area (Å²) in [6.07, 6.45) is 3.68. The third-order valence-corrected chi connectivity index (χ3v) is 3.37. The number of ether oxygens (including phenoxy) is 1. The van der Waals surface area contributed by atoms with Gasteiger partial charge < -0.3 is 10.1 Å². The van der Waals surface area contributed by atoms with E-state index in [9.17, 15) is 4.39 Å². The second kappa shape index (κ2) is 9.29. The molecule has 0 bridgehead atoms. The molecular weight excluding hydrogens is 265 g/mol. The molecule has 0 heterocycles. The van der Waals surface area contributed by atoms with Crippen LogP contribution < -0.4 is 5.32 Å². The van der Waals surface area contributed by atoms with Crippen molar-refractivity contribution in [3.05, 3.63) is 34.6 Å². The third-order valence-electron chi connectivity index (χ3n) is 3.08. The number of rotatable bonds is 9. The molecule has 0 saturated heterocycles. The van der Waals surface area contributed by atoms with Crippen LogP contribution in [0, 0.1) is 5.82 Å². The van der Waals surface area contributed by atoms with E-state index in [0.717, 1.165) is 32.4 Å². The predicted molar refractivity (Wildman–Crippen MR) is 78.3 cm³/mol. The Bertz CT molecular complexity index is 373. The molecule has 0 amide bonds. The Morgan fingerprint density at radius 3 is 2.89 bits per heavy atom. The second-order valence-electron chi connectivity index (χ2n) is 4.70. The van der Waals surface area contributed by atoms with Gasteiger partial charge in [0.05, 0.1) is 5.02 Å². The Labute approximate surface area is 120 Å². The van der Waals surface area contributed by atoms with Gasteiger partial charge in [-0.05, 0) is 43.9 Å². The van der Waals surface area contributed by atoms with E-state index >= 15 is 0 Å². The lowest BCUT2D eigenvalue weighted by atomic mass is 10.0. The molecule has 0 aliphatic rings. The van der Waals surface area contributed by atoms with E-state index in [0.29, 0.717) is 12.0 Å². The van der Waals surface area contributed by atoms with Gasteiger partial charge in [0.25, 0.3) is 0 Å². The van der Waals surface area contributed by atoms with E-state index < -0.39 is 0 Å². The fourth-order valence-corrected chi connectivity index (χ4v) is 2.26. The summed E-state index contributed by atoms with van der Waals surface area (Å²) in [5, 5.41) is 3.66. The highest BCUT2D eigenvalue weighted by Crippen LogP contribution is 2.20. The summed E-state index contributed by atoms with van der Waals surface area (Å²) in [7, 11) is 1.70. The van der Waals surface area contributed by atoms with E-state index in [2.05, 4.69) is 12.2 Å². The highest BCUT2D eigenvalue weighted by atomic mass is 35.5. The molecule has 108 valence electrons. The zero-order valence-electron chi connectivity index (χ0n) is 11.7. The molecule has 0 aliphatic carbocycles. The zero-order valence-corrected chi connectivity index (χ0v) is 12.5. The van der Waals surface area contributed by atoms with Gasteiger partial charge in [-0.1, -0.05) is 30.7 Å². The predicted octanol–water partition coefficient (Wildman–Crippen LogP) is 3.82. The van der Waals surface area contributed by atoms with Crippen molar-refractivity contribution in [2.75, 3.05) is 20.3 Å². The van der Waals surface area contributed by atoms with Crippen LogP contribution in [0.4, 0.5) is 4.39 Å². The van der Waals surface area contributed by atoms with Crippen LogP contribution in [0.2, 0.25) is 5.02 Å². The monoisotopic (exact) mass is 287 g/mol. The van der Waals surface area contributed by atoms with Gasteiger partial charge in [-0.15, -0.1) is 0 Å². The average Bonchev–Trinajstić information content (AvgIpc) is 2.41. The lowest BCUT2D eigenvalue weighted by Crippen LogP contribution is -2.32. The van der Waals surface area contributed by atoms with Gasteiger partial charge in [0.2, 0.25) is 0 Å². The van der Waals surface area contributed by atoms with Crippen LogP contribution in [0.25, 0.3) is 0 Å². The number of nitrogens with one attached hydrogen (secondary N) is 1. The Morgan fingerprint density at radius 2 is 2.21 bits per heavy atom. The molecule has 1 atom stereocenters. The van der Waals surface area contributed by atoms with Crippen molar-refractivity contribution < 1.29 is 9.13 Å². The Morgan fingerprint density at radius 1 is 1.42 bits per heavy atom. The van der Waals surface area contributed by atoms with Crippen LogP contribution in [-0.4, -0.2) is 26.3 Å². The molecule has 0 saturated carbocycles. The van der Waals surface area contributed by atoms with Crippen LogP contribution in [0.3, 0.4) is 0 Å². The summed E-state index contributed by atoms with van der Waals surface area (Å²) < 4.78 is 19.0. The molecule has 0 fully saturated rings. The minimum atomic E-state index is -0.292. The summed E-state index contributed by atoms with van der Waals surface area (Å²) in [5.74, 6) is -0.292. The third kappa shape index (κ3) is 5.89. The van der Waals surface area contributed by atoms with E-state index in [1.165, 1.54) is 0 Å². The van der Waals surface area contributed by atoms with Crippen molar-refractivity contribution in [3.63, 3.8) is 0 Å². The summed E-state index contributed by atoms with van der Waals surface area (Å²) in [4.78, 5) is 0. The highest BCUT2D eigenvalue weighted by Gasteiger charge is 2.13. The van der Waals surface area contributed by atoms with Crippen molar-refractivity contribution >= 4 is 11.6 Å². The van der Waals surface area contributed by atoms with Crippen molar-refractivity contribution in [2.45, 2.75) is 38.6 Å². The number of benzene rings is 1. The molecule has 2 nitrogen and oxygen atoms in total. The number of hydrogen-bond donors (Lipinski definition) is 1. The van der Waals surface area contributed by atoms with Crippen LogP contribution in [-0.2, 0) is 11.2 Å². The van der Waals surface area contributed by atoms with Gasteiger partial charge in [-0.3, -0.25) is 0 Å². The number of methoxy groups -OCH3 is 1. The molecule has 4 heteroatoms. The summed E-state index contributed by atoms with van der Waals surface area (Å²) in [5.41, 5.74) is 0.679. The average molecular weight is 288 g/mol. The SMILES string of the molecule is CCCNC(CCCOC)Cc1cccc(Cl)c1F. The van der Waals surface area contributed by atoms with Gasteiger partial charge in [0.15, 0.2) is 0 Å². The van der Waals surface area contributed by atoms with Crippen LogP contribution in [0.5, 0.6) is 0 Å². The van der Waals surface area contributed by atoms with E-state index in [1.807, 2.05) is 0 Å². The van der Waals surface area contributed by atoms with Crippen molar-refractivity contribution in [3.8, 4) is 0 Å². The van der Waals surface area contributed by atoms with Gasteiger partial charge >= 0.3 is 0 Å². The van der Waals surface area contributed by atoms with E-state index in [-0.39, 0.29) is 16.9 Å². The van der Waals surface area contributed by atoms with Gasteiger partial charge in [0, 0.05) is 19.8 Å². The Kier molecular flexibility index (Phi) is 8.03. The first-order chi connectivity index (χ1) is 9.19. The molecule has 0 radical (unpaired) electrons. The molecule has 1 aromatic rings. The van der Waals surface area contributed by atoms with Crippen molar-refractivity contribution in [1.29, 1.82) is 0 Å². The maximum absolute atomic E-state index is 13.9. The van der Waals surface area contributed by atoms with Gasteiger partial charge in [-0.2, -0.15) is 0 Å². The standard InChI is InChI=1S/C15H23ClFNO/c1-3-9-18-13(7-5-10-19-2)11-12-6-4-8-14(16)15(12)17/h4,6,8,13,18H,3,5,7,9-11H2,1-2H3. The van der Waals surface area contributed by atoms with Gasteiger partial charge in [0.1, 0.15) is 5.82 Å². The molecular formula is C15H23ClFNO. The normalized spacial score (nSPS) is 12.6. The topological polar surface area (TPSA) is 21.3 Å². The molecule has 1 aromatic carbocycles. The molecule has 1 unspecified atom stereocenters. The maximum atomic E-state index is 13.9. The minimum absolute atomic E-state index is 0.198. The largest absolute Gasteiger partial charge is 0.385 e. The first-order valence-electron chi connectivity index (χ1n) is 6.84. The Hall–Kier alpha value is -0.640. The number of halogens is 2. The van der Waals surface area contributed by atoms with Crippen LogP contribution in [0.15, 0.2) is 18.2 Å². The smallest absolute Gasteiger partial charge is 0.145 e. The molecule has 1 rings (SSSR count). The first-order valence-corrected chi connectivity index (χ1v) is 7.22. The van der Waals surface area contributed by atoms with E-state index in [4.69, 9.17) is 16.3 Å². The lowest BCUT2D eigenvalue weighted by molar-refractivity contribution is 0.188. The molecule has 19 heavy (non-hydrogen) atoms. The van der Waals surface area contributed by atoms with Crippen molar-refractivity contribution in [2.24, 2.45) is 0 Å². The zero-order chi connectivity index (χ0) is 14.1. The van der Waals surface area contributed by atoms with E-state index in [1.54, 1.807) is 25.3 Å². The fourth-order valence-electron chi connectivity index (χ4n) is 2.07. The minimum Gasteiger partial charge on any atom is -0.385 e.